The van der Waals surface area contributed by atoms with Gasteiger partial charge in [-0.05, 0) is 86.6 Å². The lowest BCUT2D eigenvalue weighted by Crippen LogP contribution is -2.13. The van der Waals surface area contributed by atoms with Crippen molar-refractivity contribution >= 4 is 77.4 Å². The van der Waals surface area contributed by atoms with Crippen molar-refractivity contribution in [1.82, 2.24) is 0 Å². The van der Waals surface area contributed by atoms with Crippen LogP contribution in [0.1, 0.15) is 42.0 Å². The summed E-state index contributed by atoms with van der Waals surface area (Å²) in [6.45, 7) is 0. The van der Waals surface area contributed by atoms with Crippen LogP contribution in [0, 0.1) is 0 Å². The van der Waals surface area contributed by atoms with E-state index in [0.29, 0.717) is 10.9 Å². The molecule has 1 aliphatic heterocycles. The van der Waals surface area contributed by atoms with E-state index in [9.17, 15) is 0 Å². The predicted molar refractivity (Wildman–Crippen MR) is 219 cm³/mol. The fourth-order valence-electron chi connectivity index (χ4n) is 7.88. The summed E-state index contributed by atoms with van der Waals surface area (Å²) in [6.07, 6.45) is 2.69. The molecule has 0 amide bonds. The number of nitrogens with zero attached hydrogens (tertiary/aromatic N) is 2. The molecule has 0 aliphatic carbocycles. The van der Waals surface area contributed by atoms with Gasteiger partial charge < -0.3 is 4.42 Å². The molecule has 2 heterocycles. The summed E-state index contributed by atoms with van der Waals surface area (Å²) in [5, 5.41) is 9.80. The zero-order valence-electron chi connectivity index (χ0n) is 28.4. The van der Waals surface area contributed by atoms with Crippen molar-refractivity contribution in [3.63, 3.8) is 0 Å². The van der Waals surface area contributed by atoms with Crippen molar-refractivity contribution in [2.24, 2.45) is 9.98 Å². The highest BCUT2D eigenvalue weighted by Crippen LogP contribution is 2.38. The van der Waals surface area contributed by atoms with Gasteiger partial charge in [0.25, 0.3) is 0 Å². The highest BCUT2D eigenvalue weighted by atomic mass is 35.5. The number of amidine groups is 1. The van der Waals surface area contributed by atoms with Crippen molar-refractivity contribution in [3.05, 3.63) is 179 Å². The largest absolute Gasteiger partial charge is 0.455 e. The molecular weight excluding hydrogens is 656 g/mol. The molecule has 0 saturated heterocycles. The summed E-state index contributed by atoms with van der Waals surface area (Å²) in [4.78, 5) is 10.9. The Hall–Kier alpha value is -6.03. The Kier molecular flexibility index (Phi) is 7.47. The minimum Gasteiger partial charge on any atom is -0.455 e. The van der Waals surface area contributed by atoms with Crippen LogP contribution in [-0.4, -0.2) is 11.5 Å². The lowest BCUT2D eigenvalue weighted by molar-refractivity contribution is 0.622. The summed E-state index contributed by atoms with van der Waals surface area (Å²) in [5.74, 6) is 0.646. The first-order valence-electron chi connectivity index (χ1n) is 17.9. The first kappa shape index (κ1) is 30.8. The second-order valence-corrected chi connectivity index (χ2v) is 14.1. The van der Waals surface area contributed by atoms with Crippen molar-refractivity contribution < 1.29 is 4.42 Å². The molecule has 4 heteroatoms. The van der Waals surface area contributed by atoms with Crippen molar-refractivity contribution in [2.45, 2.75) is 25.3 Å². The maximum atomic E-state index is 7.18. The van der Waals surface area contributed by atoms with Gasteiger partial charge in [0.2, 0.25) is 0 Å². The Labute approximate surface area is 306 Å². The van der Waals surface area contributed by atoms with Gasteiger partial charge in [-0.3, -0.25) is 4.99 Å². The number of benzene rings is 8. The minimum atomic E-state index is -0.0649. The van der Waals surface area contributed by atoms with E-state index in [1.807, 2.05) is 12.1 Å². The highest BCUT2D eigenvalue weighted by molar-refractivity contribution is 6.36. The third-order valence-electron chi connectivity index (χ3n) is 10.6. The average molecular weight is 689 g/mol. The number of hydrogen-bond donors (Lipinski definition) is 0. The van der Waals surface area contributed by atoms with Crippen molar-refractivity contribution in [3.8, 4) is 11.1 Å². The first-order chi connectivity index (χ1) is 25.7. The van der Waals surface area contributed by atoms with Gasteiger partial charge in [-0.1, -0.05) is 145 Å². The van der Waals surface area contributed by atoms with E-state index in [1.54, 1.807) is 0 Å². The lowest BCUT2D eigenvalue weighted by Gasteiger charge is -2.20. The summed E-state index contributed by atoms with van der Waals surface area (Å²) in [6, 6.07) is 55.7. The highest BCUT2D eigenvalue weighted by Gasteiger charge is 2.22. The van der Waals surface area contributed by atoms with Crippen LogP contribution < -0.4 is 0 Å². The number of rotatable bonds is 4. The predicted octanol–water partition coefficient (Wildman–Crippen LogP) is 13.5. The zero-order valence-corrected chi connectivity index (χ0v) is 29.1. The van der Waals surface area contributed by atoms with Crippen LogP contribution in [-0.2, 0) is 0 Å². The number of aliphatic imine (C=N–C) groups is 2. The third-order valence-corrected chi connectivity index (χ3v) is 10.9. The molecule has 1 aromatic heterocycles. The fraction of sp³-hybridized carbons (Fsp3) is 0.0833. The molecule has 8 aromatic carbocycles. The number of halogens is 1. The Morgan fingerprint density at radius 3 is 2.04 bits per heavy atom. The van der Waals surface area contributed by atoms with E-state index in [0.717, 1.165) is 68.8 Å². The van der Waals surface area contributed by atoms with E-state index in [-0.39, 0.29) is 6.04 Å². The molecule has 1 atom stereocenters. The van der Waals surface area contributed by atoms with Gasteiger partial charge in [0.15, 0.2) is 5.84 Å². The van der Waals surface area contributed by atoms with Crippen LogP contribution >= 0.6 is 11.6 Å². The summed E-state index contributed by atoms with van der Waals surface area (Å²) in [7, 11) is 0. The molecule has 0 fully saturated rings. The van der Waals surface area contributed by atoms with Crippen LogP contribution in [0.3, 0.4) is 0 Å². The topological polar surface area (TPSA) is 37.9 Å². The summed E-state index contributed by atoms with van der Waals surface area (Å²) >= 11 is 7.18. The van der Waals surface area contributed by atoms with Crippen LogP contribution in [0.25, 0.3) is 65.4 Å². The SMILES string of the molecule is Clc1cc2oc3c4ccccc4ccc3c2cc1C1=NC(c2ccc(-c3ccccc3)cc2)CCCC(c2ccc3c(ccc4ccccc43)c2)=N1. The van der Waals surface area contributed by atoms with E-state index >= 15 is 0 Å². The van der Waals surface area contributed by atoms with Crippen molar-refractivity contribution in [2.75, 3.05) is 0 Å². The number of fused-ring (bicyclic) bond motifs is 8. The van der Waals surface area contributed by atoms with Crippen LogP contribution in [0.15, 0.2) is 172 Å². The second-order valence-electron chi connectivity index (χ2n) is 13.7. The number of hydrogen-bond acceptors (Lipinski definition) is 3. The van der Waals surface area contributed by atoms with E-state index in [1.165, 1.54) is 38.2 Å². The standard InChI is InChI=1S/C48H33ClN2O/c49-43-29-46-41(40-26-23-33-12-5-7-14-39(33)47(40)52-46)28-42(43)48-50-44(34-20-17-31(18-21-34)30-9-2-1-3-10-30)15-8-16-45(51-48)36-24-25-38-35(27-36)22-19-32-11-4-6-13-37(32)38/h1-7,9-14,17-29,44H,8,15-16H2. The van der Waals surface area contributed by atoms with Crippen molar-refractivity contribution in [1.29, 1.82) is 0 Å². The van der Waals surface area contributed by atoms with Gasteiger partial charge in [-0.2, -0.15) is 0 Å². The molecule has 3 nitrogen and oxygen atoms in total. The molecule has 10 rings (SSSR count). The van der Waals surface area contributed by atoms with Gasteiger partial charge in [0, 0.05) is 27.8 Å². The second kappa shape index (κ2) is 12.6. The molecule has 1 aliphatic rings. The normalized spacial score (nSPS) is 15.2. The monoisotopic (exact) mass is 688 g/mol. The summed E-state index contributed by atoms with van der Waals surface area (Å²) in [5.41, 5.74) is 8.12. The molecular formula is C48H33ClN2O. The molecule has 0 bridgehead atoms. The maximum absolute atomic E-state index is 7.18. The quantitative estimate of drug-likeness (QED) is 0.170. The molecule has 0 spiro atoms. The fourth-order valence-corrected chi connectivity index (χ4v) is 8.12. The van der Waals surface area contributed by atoms with Gasteiger partial charge in [-0.15, -0.1) is 0 Å². The number of furan rings is 1. The third kappa shape index (κ3) is 5.37. The molecule has 52 heavy (non-hydrogen) atoms. The van der Waals surface area contributed by atoms with Crippen LogP contribution in [0.2, 0.25) is 5.02 Å². The lowest BCUT2D eigenvalue weighted by atomic mass is 9.94. The van der Waals surface area contributed by atoms with E-state index in [4.69, 9.17) is 26.0 Å². The van der Waals surface area contributed by atoms with Crippen LogP contribution in [0.4, 0.5) is 0 Å². The zero-order chi connectivity index (χ0) is 34.6. The van der Waals surface area contributed by atoms with Crippen LogP contribution in [0.5, 0.6) is 0 Å². The van der Waals surface area contributed by atoms with Gasteiger partial charge in [0.1, 0.15) is 11.2 Å². The van der Waals surface area contributed by atoms with E-state index < -0.39 is 0 Å². The minimum absolute atomic E-state index is 0.0649. The van der Waals surface area contributed by atoms with E-state index in [2.05, 4.69) is 146 Å². The van der Waals surface area contributed by atoms with Gasteiger partial charge in [-0.25, -0.2) is 4.99 Å². The molecule has 0 saturated carbocycles. The Bertz CT molecular complexity index is 2880. The summed E-state index contributed by atoms with van der Waals surface area (Å²) < 4.78 is 6.47. The molecule has 0 radical (unpaired) electrons. The molecule has 0 N–H and O–H groups in total. The first-order valence-corrected chi connectivity index (χ1v) is 18.3. The Morgan fingerprint density at radius 1 is 0.538 bits per heavy atom. The molecule has 1 unspecified atom stereocenters. The average Bonchev–Trinajstić information content (AvgIpc) is 3.55. The molecule has 248 valence electrons. The van der Waals surface area contributed by atoms with Gasteiger partial charge >= 0.3 is 0 Å². The maximum Gasteiger partial charge on any atom is 0.156 e. The smallest absolute Gasteiger partial charge is 0.156 e. The Morgan fingerprint density at radius 2 is 1.19 bits per heavy atom. The molecule has 9 aromatic rings. The van der Waals surface area contributed by atoms with Gasteiger partial charge in [0.05, 0.1) is 16.8 Å². The Balaban J connectivity index is 1.13.